The Balaban J connectivity index is 1.70. The predicted octanol–water partition coefficient (Wildman–Crippen LogP) is 7.10. The van der Waals surface area contributed by atoms with E-state index in [1.165, 1.54) is 25.7 Å². The van der Waals surface area contributed by atoms with Crippen molar-refractivity contribution in [2.45, 2.75) is 98.5 Å². The van der Waals surface area contributed by atoms with Crippen LogP contribution < -0.4 is 0 Å². The normalized spacial score (nSPS) is 27.1. The Morgan fingerprint density at radius 1 is 1.21 bits per heavy atom. The second-order valence-corrected chi connectivity index (χ2v) is 9.67. The van der Waals surface area contributed by atoms with Gasteiger partial charge in [-0.25, -0.2) is 0 Å². The summed E-state index contributed by atoms with van der Waals surface area (Å²) >= 11 is 0. The van der Waals surface area contributed by atoms with Gasteiger partial charge < -0.3 is 4.74 Å². The lowest BCUT2D eigenvalue weighted by atomic mass is 9.91. The minimum Gasteiger partial charge on any atom is -0.462 e. The topological polar surface area (TPSA) is 26.3 Å². The summed E-state index contributed by atoms with van der Waals surface area (Å²) in [4.78, 5) is 11.9. The molecule has 0 spiro atoms. The van der Waals surface area contributed by atoms with Crippen molar-refractivity contribution in [1.82, 2.24) is 0 Å². The van der Waals surface area contributed by atoms with Crippen LogP contribution in [-0.4, -0.2) is 12.1 Å². The molecule has 0 amide bonds. The van der Waals surface area contributed by atoms with Gasteiger partial charge in [0, 0.05) is 12.8 Å². The lowest BCUT2D eigenvalue weighted by Crippen LogP contribution is -2.19. The highest BCUT2D eigenvalue weighted by atomic mass is 16.5. The lowest BCUT2D eigenvalue weighted by molar-refractivity contribution is -0.150. The molecule has 2 heteroatoms. The fourth-order valence-electron chi connectivity index (χ4n) is 4.68. The monoisotopic (exact) mass is 398 g/mol. The van der Waals surface area contributed by atoms with Crippen molar-refractivity contribution < 1.29 is 9.53 Å². The Morgan fingerprint density at radius 2 is 2.00 bits per heavy atom. The highest BCUT2D eigenvalue weighted by Crippen LogP contribution is 2.50. The quantitative estimate of drug-likeness (QED) is 0.170. The Kier molecular flexibility index (Phi) is 10.1. The second-order valence-electron chi connectivity index (χ2n) is 9.67. The van der Waals surface area contributed by atoms with E-state index in [0.717, 1.165) is 43.4 Å². The van der Waals surface area contributed by atoms with E-state index in [0.29, 0.717) is 18.3 Å². The lowest BCUT2D eigenvalue weighted by Gasteiger charge is -2.16. The van der Waals surface area contributed by atoms with Gasteiger partial charge in [0.15, 0.2) is 0 Å². The van der Waals surface area contributed by atoms with Gasteiger partial charge in [-0.2, -0.15) is 0 Å². The summed E-state index contributed by atoms with van der Waals surface area (Å²) in [5.74, 6) is 9.69. The van der Waals surface area contributed by atoms with Crippen molar-refractivity contribution in [2.75, 3.05) is 0 Å². The molecule has 5 atom stereocenters. The minimum atomic E-state index is -0.0442. The van der Waals surface area contributed by atoms with Crippen molar-refractivity contribution in [3.8, 4) is 11.8 Å². The largest absolute Gasteiger partial charge is 0.462 e. The smallest absolute Gasteiger partial charge is 0.306 e. The summed E-state index contributed by atoms with van der Waals surface area (Å²) in [6.07, 6.45) is 17.3. The highest BCUT2D eigenvalue weighted by molar-refractivity contribution is 5.69. The number of unbranched alkanes of at least 4 members (excludes halogenated alkanes) is 1. The zero-order chi connectivity index (χ0) is 21.2. The minimum absolute atomic E-state index is 0.0163. The van der Waals surface area contributed by atoms with Crippen molar-refractivity contribution in [1.29, 1.82) is 0 Å². The van der Waals surface area contributed by atoms with E-state index in [1.807, 2.05) is 13.8 Å². The van der Waals surface area contributed by atoms with Crippen LogP contribution in [0.5, 0.6) is 0 Å². The molecule has 0 aromatic carbocycles. The van der Waals surface area contributed by atoms with Gasteiger partial charge in [-0.15, -0.1) is 11.8 Å². The molecule has 2 nitrogen and oxygen atoms in total. The first-order chi connectivity index (χ1) is 13.9. The summed E-state index contributed by atoms with van der Waals surface area (Å²) < 4.78 is 5.46. The summed E-state index contributed by atoms with van der Waals surface area (Å²) in [7, 11) is 0. The van der Waals surface area contributed by atoms with E-state index in [2.05, 4.69) is 50.8 Å². The van der Waals surface area contributed by atoms with Crippen LogP contribution in [0.15, 0.2) is 23.8 Å². The summed E-state index contributed by atoms with van der Waals surface area (Å²) in [6.45, 7) is 10.4. The molecule has 2 aliphatic rings. The fourth-order valence-corrected chi connectivity index (χ4v) is 4.68. The van der Waals surface area contributed by atoms with Gasteiger partial charge in [0.1, 0.15) is 6.10 Å². The van der Waals surface area contributed by atoms with E-state index >= 15 is 0 Å². The van der Waals surface area contributed by atoms with Crippen LogP contribution in [0.4, 0.5) is 0 Å². The number of fused-ring (bicyclic) bond motifs is 1. The fraction of sp³-hybridized carbons (Fsp3) is 0.741. The third-order valence-corrected chi connectivity index (χ3v) is 6.87. The SMILES string of the molecule is CC#CCC(C)C/C=C/[C@H]1CCC2C/C(=C\CCCC(=O)OC(C)C(C)C)CC21. The van der Waals surface area contributed by atoms with Crippen LogP contribution in [0.2, 0.25) is 0 Å². The molecular formula is C27H42O2. The molecule has 29 heavy (non-hydrogen) atoms. The molecule has 2 fully saturated rings. The maximum absolute atomic E-state index is 11.9. The van der Waals surface area contributed by atoms with Crippen LogP contribution in [0.1, 0.15) is 92.4 Å². The van der Waals surface area contributed by atoms with Crippen LogP contribution in [0.25, 0.3) is 0 Å². The molecule has 0 saturated heterocycles. The van der Waals surface area contributed by atoms with Gasteiger partial charge in [0.2, 0.25) is 0 Å². The molecule has 0 N–H and O–H groups in total. The molecular weight excluding hydrogens is 356 g/mol. The average molecular weight is 399 g/mol. The third-order valence-electron chi connectivity index (χ3n) is 6.87. The molecule has 2 saturated carbocycles. The Bertz CT molecular complexity index is 631. The van der Waals surface area contributed by atoms with Gasteiger partial charge in [0.25, 0.3) is 0 Å². The molecule has 0 heterocycles. The summed E-state index contributed by atoms with van der Waals surface area (Å²) in [6, 6.07) is 0. The predicted molar refractivity (Wildman–Crippen MR) is 122 cm³/mol. The number of carbonyl (C=O) groups is 1. The molecule has 0 bridgehead atoms. The number of ether oxygens (including phenoxy) is 1. The highest BCUT2D eigenvalue weighted by Gasteiger charge is 2.39. The third kappa shape index (κ3) is 8.04. The molecule has 0 aliphatic heterocycles. The Hall–Kier alpha value is -1.49. The number of hydrogen-bond acceptors (Lipinski definition) is 2. The first-order valence-corrected chi connectivity index (χ1v) is 11.8. The average Bonchev–Trinajstić information content (AvgIpc) is 3.24. The first kappa shape index (κ1) is 23.8. The van der Waals surface area contributed by atoms with E-state index in [1.54, 1.807) is 5.57 Å². The summed E-state index contributed by atoms with van der Waals surface area (Å²) in [5, 5.41) is 0. The van der Waals surface area contributed by atoms with Gasteiger partial charge in [0.05, 0.1) is 0 Å². The van der Waals surface area contributed by atoms with Crippen LogP contribution in [0, 0.1) is 41.4 Å². The van der Waals surface area contributed by atoms with Crippen LogP contribution in [0.3, 0.4) is 0 Å². The van der Waals surface area contributed by atoms with Crippen molar-refractivity contribution in [3.05, 3.63) is 23.8 Å². The van der Waals surface area contributed by atoms with Gasteiger partial charge in [-0.05, 0) is 88.4 Å². The standard InChI is InChI=1S/C27H42O2/c1-6-7-11-21(4)12-10-14-24-16-17-25-18-23(19-26(24)25)13-8-9-15-27(28)29-22(5)20(2)3/h10,13-14,20-22,24-26H,8-9,11-12,15-19H2,1-5H3/b14-10+,23-13+/t21?,22?,24-,25?,26?/m0/s1. The number of carbonyl (C=O) groups excluding carboxylic acids is 1. The van der Waals surface area contributed by atoms with Crippen LogP contribution in [-0.2, 0) is 9.53 Å². The molecule has 162 valence electrons. The summed E-state index contributed by atoms with van der Waals surface area (Å²) in [5.41, 5.74) is 1.63. The number of esters is 1. The number of allylic oxidation sites excluding steroid dienone is 4. The molecule has 2 rings (SSSR count). The molecule has 0 aromatic rings. The zero-order valence-electron chi connectivity index (χ0n) is 19.4. The second kappa shape index (κ2) is 12.3. The van der Waals surface area contributed by atoms with Crippen LogP contribution >= 0.6 is 0 Å². The molecule has 0 aromatic heterocycles. The van der Waals surface area contributed by atoms with Gasteiger partial charge in [-0.1, -0.05) is 44.6 Å². The molecule has 4 unspecified atom stereocenters. The van der Waals surface area contributed by atoms with E-state index in [9.17, 15) is 4.79 Å². The van der Waals surface area contributed by atoms with Crippen molar-refractivity contribution in [3.63, 3.8) is 0 Å². The maximum Gasteiger partial charge on any atom is 0.306 e. The van der Waals surface area contributed by atoms with Crippen molar-refractivity contribution >= 4 is 5.97 Å². The maximum atomic E-state index is 11.9. The number of hydrogen-bond donors (Lipinski definition) is 0. The van der Waals surface area contributed by atoms with Crippen molar-refractivity contribution in [2.24, 2.45) is 29.6 Å². The first-order valence-electron chi connectivity index (χ1n) is 11.8. The number of rotatable bonds is 10. The Labute approximate surface area is 179 Å². The Morgan fingerprint density at radius 3 is 2.72 bits per heavy atom. The van der Waals surface area contributed by atoms with Gasteiger partial charge >= 0.3 is 5.97 Å². The zero-order valence-corrected chi connectivity index (χ0v) is 19.4. The van der Waals surface area contributed by atoms with E-state index in [-0.39, 0.29) is 12.1 Å². The van der Waals surface area contributed by atoms with E-state index in [4.69, 9.17) is 4.74 Å². The van der Waals surface area contributed by atoms with Gasteiger partial charge in [-0.3, -0.25) is 4.79 Å². The molecule has 0 radical (unpaired) electrons. The molecule has 2 aliphatic carbocycles. The van der Waals surface area contributed by atoms with E-state index < -0.39 is 0 Å².